The molecule has 10 heteroatoms. The van der Waals surface area contributed by atoms with Crippen molar-refractivity contribution in [3.8, 4) is 5.75 Å². The lowest BCUT2D eigenvalue weighted by Crippen LogP contribution is -2.29. The van der Waals surface area contributed by atoms with Crippen LogP contribution in [0.15, 0.2) is 48.5 Å². The Morgan fingerprint density at radius 3 is 2.14 bits per heavy atom. The van der Waals surface area contributed by atoms with Crippen LogP contribution in [0.1, 0.15) is 38.8 Å². The third kappa shape index (κ3) is 4.55. The number of carbonyl (C=O) groups is 3. The molecule has 1 heterocycles. The van der Waals surface area contributed by atoms with Crippen LogP contribution in [-0.2, 0) is 22.4 Å². The number of ether oxygens (including phenoxy) is 2. The molecule has 6 nitrogen and oxygen atoms in total. The Hall–Kier alpha value is -3.95. The molecule has 1 aliphatic heterocycles. The fraction of sp³-hybridized carbons (Fsp3) is 0.240. The maximum atomic E-state index is 13.5. The zero-order chi connectivity index (χ0) is 25.3. The van der Waals surface area contributed by atoms with E-state index < -0.39 is 48.6 Å². The van der Waals surface area contributed by atoms with Crippen LogP contribution >= 0.6 is 0 Å². The molecule has 0 atom stereocenters. The van der Waals surface area contributed by atoms with Crippen LogP contribution in [0.2, 0.25) is 0 Å². The van der Waals surface area contributed by atoms with Gasteiger partial charge in [0.05, 0.1) is 29.8 Å². The zero-order valence-electron chi connectivity index (χ0n) is 18.4. The van der Waals surface area contributed by atoms with Crippen molar-refractivity contribution in [2.45, 2.75) is 32.8 Å². The fourth-order valence-electron chi connectivity index (χ4n) is 4.19. The smallest absolute Gasteiger partial charge is 0.387 e. The van der Waals surface area contributed by atoms with Gasteiger partial charge in [0, 0.05) is 11.8 Å². The minimum atomic E-state index is -3.32. The number of hydrogen-bond acceptors (Lipinski definition) is 5. The number of amides is 2. The number of benzene rings is 3. The van der Waals surface area contributed by atoms with Gasteiger partial charge in [0.25, 0.3) is 11.8 Å². The van der Waals surface area contributed by atoms with Gasteiger partial charge in [-0.25, -0.2) is 13.7 Å². The number of rotatable bonds is 8. The van der Waals surface area contributed by atoms with Crippen molar-refractivity contribution in [2.24, 2.45) is 0 Å². The SMILES string of the molecule is CCOC(=O)Cc1ccc(N2C(=O)c3c(c(OC(F)F)c4ccccc4c3CC(F)F)C2=O)cc1. The highest BCUT2D eigenvalue weighted by molar-refractivity contribution is 6.37. The third-order valence-corrected chi connectivity index (χ3v) is 5.52. The number of halogens is 4. The predicted octanol–water partition coefficient (Wildman–Crippen LogP) is 5.16. The molecule has 0 saturated heterocycles. The summed E-state index contributed by atoms with van der Waals surface area (Å²) >= 11 is 0. The standard InChI is InChI=1S/C25H19F4NO5/c1-2-34-19(31)11-13-7-9-14(10-8-13)30-23(32)20-17(12-18(26)27)15-5-3-4-6-16(15)22(35-25(28)29)21(20)24(30)33/h3-10,18,25H,2,11-12H2,1H3. The Balaban J connectivity index is 1.84. The van der Waals surface area contributed by atoms with Crippen molar-refractivity contribution in [3.63, 3.8) is 0 Å². The lowest BCUT2D eigenvalue weighted by molar-refractivity contribution is -0.142. The molecule has 182 valence electrons. The van der Waals surface area contributed by atoms with Gasteiger partial charge in [0.2, 0.25) is 6.43 Å². The number of anilines is 1. The maximum absolute atomic E-state index is 13.5. The van der Waals surface area contributed by atoms with Crippen molar-refractivity contribution in [3.05, 3.63) is 70.8 Å². The molecule has 0 saturated carbocycles. The quantitative estimate of drug-likeness (QED) is 0.249. The van der Waals surface area contributed by atoms with E-state index in [1.807, 2.05) is 0 Å². The number of carbonyl (C=O) groups excluding carboxylic acids is 3. The number of imide groups is 1. The summed E-state index contributed by atoms with van der Waals surface area (Å²) < 4.78 is 63.1. The van der Waals surface area contributed by atoms with E-state index >= 15 is 0 Å². The summed E-state index contributed by atoms with van der Waals surface area (Å²) in [5.74, 6) is -2.90. The number of hydrogen-bond donors (Lipinski definition) is 0. The van der Waals surface area contributed by atoms with Crippen LogP contribution in [0.25, 0.3) is 10.8 Å². The highest BCUT2D eigenvalue weighted by Crippen LogP contribution is 2.43. The minimum absolute atomic E-state index is 0.0231. The van der Waals surface area contributed by atoms with Gasteiger partial charge in [0.15, 0.2) is 0 Å². The van der Waals surface area contributed by atoms with Gasteiger partial charge >= 0.3 is 12.6 Å². The molecule has 0 fully saturated rings. The van der Waals surface area contributed by atoms with Crippen LogP contribution in [0.4, 0.5) is 23.2 Å². The molecular weight excluding hydrogens is 470 g/mol. The Bertz CT molecular complexity index is 1240. The van der Waals surface area contributed by atoms with Crippen LogP contribution < -0.4 is 9.64 Å². The molecule has 3 aromatic rings. The summed E-state index contributed by atoms with van der Waals surface area (Å²) in [6, 6.07) is 11.6. The van der Waals surface area contributed by atoms with E-state index in [0.717, 1.165) is 4.90 Å². The lowest BCUT2D eigenvalue weighted by atomic mass is 9.92. The van der Waals surface area contributed by atoms with E-state index in [2.05, 4.69) is 4.74 Å². The van der Waals surface area contributed by atoms with E-state index in [4.69, 9.17) is 4.74 Å². The highest BCUT2D eigenvalue weighted by Gasteiger charge is 2.43. The lowest BCUT2D eigenvalue weighted by Gasteiger charge is -2.16. The second-order valence-corrected chi connectivity index (χ2v) is 7.67. The molecule has 0 N–H and O–H groups in total. The van der Waals surface area contributed by atoms with Crippen molar-refractivity contribution < 1.29 is 41.4 Å². The van der Waals surface area contributed by atoms with Crippen molar-refractivity contribution in [1.82, 2.24) is 0 Å². The van der Waals surface area contributed by atoms with E-state index in [1.54, 1.807) is 6.92 Å². The molecule has 35 heavy (non-hydrogen) atoms. The summed E-state index contributed by atoms with van der Waals surface area (Å²) in [4.78, 5) is 39.2. The fourth-order valence-corrected chi connectivity index (χ4v) is 4.19. The van der Waals surface area contributed by atoms with Crippen LogP contribution in [0.5, 0.6) is 5.75 Å². The van der Waals surface area contributed by atoms with Crippen molar-refractivity contribution in [1.29, 1.82) is 0 Å². The average Bonchev–Trinajstić information content (AvgIpc) is 3.06. The largest absolute Gasteiger partial charge is 0.466 e. The monoisotopic (exact) mass is 489 g/mol. The van der Waals surface area contributed by atoms with Crippen molar-refractivity contribution in [2.75, 3.05) is 11.5 Å². The van der Waals surface area contributed by atoms with Gasteiger partial charge in [-0.05, 0) is 35.6 Å². The summed E-state index contributed by atoms with van der Waals surface area (Å²) in [5.41, 5.74) is -0.360. The Morgan fingerprint density at radius 1 is 0.914 bits per heavy atom. The molecule has 0 aliphatic carbocycles. The molecule has 1 aliphatic rings. The topological polar surface area (TPSA) is 72.9 Å². The van der Waals surface area contributed by atoms with Gasteiger partial charge in [-0.15, -0.1) is 0 Å². The summed E-state index contributed by atoms with van der Waals surface area (Å²) in [6.45, 7) is -1.44. The van der Waals surface area contributed by atoms with Gasteiger partial charge in [-0.2, -0.15) is 8.78 Å². The Morgan fingerprint density at radius 2 is 1.54 bits per heavy atom. The van der Waals surface area contributed by atoms with Crippen LogP contribution in [-0.4, -0.2) is 37.4 Å². The molecule has 0 unspecified atom stereocenters. The molecule has 0 radical (unpaired) electrons. The van der Waals surface area contributed by atoms with Gasteiger partial charge in [-0.1, -0.05) is 36.4 Å². The number of alkyl halides is 4. The molecule has 0 bridgehead atoms. The summed E-state index contributed by atoms with van der Waals surface area (Å²) in [5, 5.41) is 0.143. The number of nitrogens with zero attached hydrogens (tertiary/aromatic N) is 1. The molecule has 4 rings (SSSR count). The average molecular weight is 489 g/mol. The van der Waals surface area contributed by atoms with E-state index in [0.29, 0.717) is 5.56 Å². The van der Waals surface area contributed by atoms with Gasteiger partial charge < -0.3 is 9.47 Å². The molecule has 0 spiro atoms. The molecular formula is C25H19F4NO5. The molecule has 0 aromatic heterocycles. The second-order valence-electron chi connectivity index (χ2n) is 7.67. The predicted molar refractivity (Wildman–Crippen MR) is 118 cm³/mol. The first-order chi connectivity index (χ1) is 16.7. The first-order valence-electron chi connectivity index (χ1n) is 10.7. The third-order valence-electron chi connectivity index (χ3n) is 5.52. The minimum Gasteiger partial charge on any atom is -0.466 e. The Labute approximate surface area is 197 Å². The number of esters is 1. The number of fused-ring (bicyclic) bond motifs is 2. The molecule has 2 amide bonds. The van der Waals surface area contributed by atoms with Gasteiger partial charge in [-0.3, -0.25) is 14.4 Å². The normalized spacial score (nSPS) is 13.2. The summed E-state index contributed by atoms with van der Waals surface area (Å²) in [7, 11) is 0. The highest BCUT2D eigenvalue weighted by atomic mass is 19.3. The zero-order valence-corrected chi connectivity index (χ0v) is 18.4. The first kappa shape index (κ1) is 24.2. The van der Waals surface area contributed by atoms with E-state index in [9.17, 15) is 31.9 Å². The first-order valence-corrected chi connectivity index (χ1v) is 10.7. The van der Waals surface area contributed by atoms with Crippen LogP contribution in [0.3, 0.4) is 0 Å². The summed E-state index contributed by atoms with van der Waals surface area (Å²) in [6.07, 6.45) is -3.75. The maximum Gasteiger partial charge on any atom is 0.387 e. The van der Waals surface area contributed by atoms with E-state index in [1.165, 1.54) is 48.5 Å². The van der Waals surface area contributed by atoms with Gasteiger partial charge in [0.1, 0.15) is 5.75 Å². The molecule has 3 aromatic carbocycles. The van der Waals surface area contributed by atoms with Crippen molar-refractivity contribution >= 4 is 34.2 Å². The van der Waals surface area contributed by atoms with E-state index in [-0.39, 0.29) is 40.6 Å². The Kier molecular flexibility index (Phi) is 6.72. The van der Waals surface area contributed by atoms with Crippen LogP contribution in [0, 0.1) is 0 Å². The second kappa shape index (κ2) is 9.73.